The number of amides is 1. The summed E-state index contributed by atoms with van der Waals surface area (Å²) in [6, 6.07) is 15.0. The van der Waals surface area contributed by atoms with Gasteiger partial charge in [-0.3, -0.25) is 9.69 Å². The molecule has 1 aromatic heterocycles. The molecule has 1 aliphatic heterocycles. The number of ether oxygens (including phenoxy) is 1. The molecule has 2 aromatic carbocycles. The molecule has 1 fully saturated rings. The highest BCUT2D eigenvalue weighted by atomic mass is 32.2. The van der Waals surface area contributed by atoms with Crippen molar-refractivity contribution in [2.24, 2.45) is 5.92 Å². The number of aromatic nitrogens is 2. The predicted octanol–water partition coefficient (Wildman–Crippen LogP) is 3.36. The van der Waals surface area contributed by atoms with E-state index >= 15 is 0 Å². The Kier molecular flexibility index (Phi) is 9.30. The van der Waals surface area contributed by atoms with Gasteiger partial charge in [0, 0.05) is 32.1 Å². The van der Waals surface area contributed by atoms with Gasteiger partial charge < -0.3 is 14.2 Å². The van der Waals surface area contributed by atoms with Crippen LogP contribution < -0.4 is 0 Å². The van der Waals surface area contributed by atoms with Crippen LogP contribution in [0.2, 0.25) is 0 Å². The summed E-state index contributed by atoms with van der Waals surface area (Å²) < 4.78 is 47.5. The lowest BCUT2D eigenvalue weighted by Gasteiger charge is -2.31. The maximum absolute atomic E-state index is 13.5. The summed E-state index contributed by atoms with van der Waals surface area (Å²) in [7, 11) is -3.85. The van der Waals surface area contributed by atoms with Crippen molar-refractivity contribution in [2.45, 2.75) is 37.8 Å². The van der Waals surface area contributed by atoms with E-state index in [1.54, 1.807) is 15.7 Å². The van der Waals surface area contributed by atoms with E-state index in [0.717, 1.165) is 18.7 Å². The molecule has 2 heterocycles. The van der Waals surface area contributed by atoms with Crippen LogP contribution in [0.15, 0.2) is 66.0 Å². The van der Waals surface area contributed by atoms with Gasteiger partial charge in [-0.15, -0.1) is 0 Å². The average Bonchev–Trinajstić information content (AvgIpc) is 3.31. The fraction of sp³-hybridized carbons (Fsp3) is 0.429. The van der Waals surface area contributed by atoms with E-state index in [9.17, 15) is 17.6 Å². The standard InChI is InChI=1S/C28H35FN4O4S/c1-22(2)27(34)32(13-12-31-14-16-37-17-15-31)20-26-18-30-28(33(26)19-23-6-4-3-5-7-23)38(35,36)21-24-8-10-25(29)11-9-24/h3-11,18,22H,12-17,19-21H2,1-2H3. The van der Waals surface area contributed by atoms with Crippen LogP contribution in [0, 0.1) is 11.7 Å². The highest BCUT2D eigenvalue weighted by molar-refractivity contribution is 7.90. The Bertz CT molecular complexity index is 1300. The van der Waals surface area contributed by atoms with Gasteiger partial charge in [0.15, 0.2) is 0 Å². The first-order valence-corrected chi connectivity index (χ1v) is 14.5. The number of halogens is 1. The molecule has 0 bridgehead atoms. The monoisotopic (exact) mass is 542 g/mol. The van der Waals surface area contributed by atoms with Crippen molar-refractivity contribution in [3.8, 4) is 0 Å². The highest BCUT2D eigenvalue weighted by Gasteiger charge is 2.27. The molecule has 0 atom stereocenters. The van der Waals surface area contributed by atoms with Crippen molar-refractivity contribution in [3.05, 3.63) is 83.4 Å². The maximum atomic E-state index is 13.5. The van der Waals surface area contributed by atoms with E-state index < -0.39 is 15.7 Å². The average molecular weight is 543 g/mol. The van der Waals surface area contributed by atoms with Gasteiger partial charge in [0.05, 0.1) is 43.9 Å². The van der Waals surface area contributed by atoms with Crippen LogP contribution in [0.5, 0.6) is 0 Å². The van der Waals surface area contributed by atoms with E-state index in [2.05, 4.69) is 9.88 Å². The molecule has 0 aliphatic carbocycles. The van der Waals surface area contributed by atoms with E-state index in [0.29, 0.717) is 44.1 Å². The number of hydrogen-bond acceptors (Lipinski definition) is 6. The molecule has 3 aromatic rings. The predicted molar refractivity (Wildman–Crippen MR) is 143 cm³/mol. The van der Waals surface area contributed by atoms with Crippen molar-refractivity contribution >= 4 is 15.7 Å². The molecule has 8 nitrogen and oxygen atoms in total. The fourth-order valence-electron chi connectivity index (χ4n) is 4.48. The number of rotatable bonds is 11. The zero-order valence-electron chi connectivity index (χ0n) is 21.9. The highest BCUT2D eigenvalue weighted by Crippen LogP contribution is 2.21. The molecule has 204 valence electrons. The van der Waals surface area contributed by atoms with Crippen LogP contribution >= 0.6 is 0 Å². The normalized spacial score (nSPS) is 14.6. The molecule has 0 spiro atoms. The maximum Gasteiger partial charge on any atom is 0.228 e. The van der Waals surface area contributed by atoms with Crippen LogP contribution in [0.25, 0.3) is 0 Å². The number of carbonyl (C=O) groups excluding carboxylic acids is 1. The number of hydrogen-bond donors (Lipinski definition) is 0. The van der Waals surface area contributed by atoms with Crippen molar-refractivity contribution < 1.29 is 22.3 Å². The minimum Gasteiger partial charge on any atom is -0.379 e. The smallest absolute Gasteiger partial charge is 0.228 e. The Labute approximate surface area is 224 Å². The number of imidazole rings is 1. The molecule has 0 saturated carbocycles. The van der Waals surface area contributed by atoms with Crippen molar-refractivity contribution in [1.82, 2.24) is 19.4 Å². The van der Waals surface area contributed by atoms with E-state index in [1.165, 1.54) is 24.3 Å². The van der Waals surface area contributed by atoms with Crippen LogP contribution in [-0.2, 0) is 38.2 Å². The largest absolute Gasteiger partial charge is 0.379 e. The molecule has 10 heteroatoms. The molecule has 0 unspecified atom stereocenters. The third-order valence-corrected chi connectivity index (χ3v) is 8.18. The number of nitrogens with zero attached hydrogens (tertiary/aromatic N) is 4. The van der Waals surface area contributed by atoms with Gasteiger partial charge in [-0.1, -0.05) is 56.3 Å². The minimum absolute atomic E-state index is 0.00133. The first-order chi connectivity index (χ1) is 18.2. The zero-order valence-corrected chi connectivity index (χ0v) is 22.7. The number of carbonyl (C=O) groups is 1. The fourth-order valence-corrected chi connectivity index (χ4v) is 5.97. The van der Waals surface area contributed by atoms with Crippen LogP contribution in [0.4, 0.5) is 4.39 Å². The van der Waals surface area contributed by atoms with Gasteiger partial charge >= 0.3 is 0 Å². The Morgan fingerprint density at radius 2 is 1.74 bits per heavy atom. The second kappa shape index (κ2) is 12.6. The SMILES string of the molecule is CC(C)C(=O)N(CCN1CCOCC1)Cc1cnc(S(=O)(=O)Cc2ccc(F)cc2)n1Cc1ccccc1. The zero-order chi connectivity index (χ0) is 27.1. The summed E-state index contributed by atoms with van der Waals surface area (Å²) in [6.07, 6.45) is 1.55. The van der Waals surface area contributed by atoms with Crippen LogP contribution in [-0.4, -0.2) is 73.1 Å². The molecule has 0 radical (unpaired) electrons. The number of morpholine rings is 1. The Morgan fingerprint density at radius 3 is 2.39 bits per heavy atom. The van der Waals surface area contributed by atoms with Gasteiger partial charge in [0.2, 0.25) is 20.9 Å². The summed E-state index contributed by atoms with van der Waals surface area (Å²) in [5.41, 5.74) is 2.03. The summed E-state index contributed by atoms with van der Waals surface area (Å²) in [5.74, 6) is -0.927. The summed E-state index contributed by atoms with van der Waals surface area (Å²) >= 11 is 0. The van der Waals surface area contributed by atoms with Gasteiger partial charge in [0.1, 0.15) is 5.82 Å². The van der Waals surface area contributed by atoms with Gasteiger partial charge in [-0.25, -0.2) is 17.8 Å². The first-order valence-electron chi connectivity index (χ1n) is 12.9. The van der Waals surface area contributed by atoms with Gasteiger partial charge in [-0.05, 0) is 23.3 Å². The first kappa shape index (κ1) is 27.9. The third kappa shape index (κ3) is 7.27. The minimum atomic E-state index is -3.85. The number of benzene rings is 2. The van der Waals surface area contributed by atoms with E-state index in [4.69, 9.17) is 4.74 Å². The number of sulfone groups is 1. The van der Waals surface area contributed by atoms with E-state index in [-0.39, 0.29) is 29.3 Å². The Hall–Kier alpha value is -3.08. The molecule has 4 rings (SSSR count). The molecular formula is C28H35FN4O4S. The Morgan fingerprint density at radius 1 is 1.05 bits per heavy atom. The lowest BCUT2D eigenvalue weighted by molar-refractivity contribution is -0.135. The molecule has 1 amide bonds. The van der Waals surface area contributed by atoms with E-state index in [1.807, 2.05) is 44.2 Å². The van der Waals surface area contributed by atoms with Crippen molar-refractivity contribution in [3.63, 3.8) is 0 Å². The lowest BCUT2D eigenvalue weighted by atomic mass is 10.2. The lowest BCUT2D eigenvalue weighted by Crippen LogP contribution is -2.44. The third-order valence-electron chi connectivity index (χ3n) is 6.58. The summed E-state index contributed by atoms with van der Waals surface area (Å²) in [6.45, 7) is 8.50. The van der Waals surface area contributed by atoms with Crippen LogP contribution in [0.1, 0.15) is 30.7 Å². The molecule has 1 saturated heterocycles. The quantitative estimate of drug-likeness (QED) is 0.370. The second-order valence-corrected chi connectivity index (χ2v) is 11.7. The van der Waals surface area contributed by atoms with Gasteiger partial charge in [-0.2, -0.15) is 0 Å². The molecule has 1 aliphatic rings. The Balaban J connectivity index is 1.63. The molecular weight excluding hydrogens is 507 g/mol. The van der Waals surface area contributed by atoms with Crippen molar-refractivity contribution in [1.29, 1.82) is 0 Å². The van der Waals surface area contributed by atoms with Gasteiger partial charge in [0.25, 0.3) is 0 Å². The summed E-state index contributed by atoms with van der Waals surface area (Å²) in [5, 5.41) is -0.0641. The summed E-state index contributed by atoms with van der Waals surface area (Å²) in [4.78, 5) is 21.6. The molecule has 0 N–H and O–H groups in total. The van der Waals surface area contributed by atoms with Crippen molar-refractivity contribution in [2.75, 3.05) is 39.4 Å². The second-order valence-electron chi connectivity index (χ2n) is 9.86. The topological polar surface area (TPSA) is 84.7 Å². The molecule has 38 heavy (non-hydrogen) atoms. The van der Waals surface area contributed by atoms with Crippen LogP contribution in [0.3, 0.4) is 0 Å².